The Hall–Kier alpha value is -0.630. The van der Waals surface area contributed by atoms with Crippen molar-refractivity contribution in [2.45, 2.75) is 38.5 Å². The second kappa shape index (κ2) is 8.51. The SMILES string of the molecule is O=C(CBr)CCCCCCc1ccccc1. The predicted octanol–water partition coefficient (Wildman–Crippen LogP) is 4.14. The molecule has 1 aromatic rings. The molecule has 0 heterocycles. The van der Waals surface area contributed by atoms with Crippen LogP contribution in [0.3, 0.4) is 0 Å². The fourth-order valence-corrected chi connectivity index (χ4v) is 2.00. The molecule has 2 heteroatoms. The highest BCUT2D eigenvalue weighted by molar-refractivity contribution is 9.09. The molecule has 0 saturated carbocycles. The highest BCUT2D eigenvalue weighted by Gasteiger charge is 1.98. The Morgan fingerprint density at radius 3 is 2.38 bits per heavy atom. The number of hydrogen-bond donors (Lipinski definition) is 0. The van der Waals surface area contributed by atoms with Crippen molar-refractivity contribution >= 4 is 21.7 Å². The Morgan fingerprint density at radius 2 is 1.69 bits per heavy atom. The van der Waals surface area contributed by atoms with Gasteiger partial charge in [0, 0.05) is 6.42 Å². The summed E-state index contributed by atoms with van der Waals surface area (Å²) in [6.07, 6.45) is 6.56. The molecular weight excluding hydrogens is 264 g/mol. The number of halogens is 1. The molecule has 0 amide bonds. The minimum Gasteiger partial charge on any atom is -0.299 e. The van der Waals surface area contributed by atoms with Crippen molar-refractivity contribution in [3.63, 3.8) is 0 Å². The third-order valence-corrected chi connectivity index (χ3v) is 3.29. The van der Waals surface area contributed by atoms with Crippen molar-refractivity contribution < 1.29 is 4.79 Å². The third kappa shape index (κ3) is 6.06. The van der Waals surface area contributed by atoms with E-state index in [1.54, 1.807) is 0 Å². The smallest absolute Gasteiger partial charge is 0.143 e. The van der Waals surface area contributed by atoms with Gasteiger partial charge in [0.05, 0.1) is 5.33 Å². The zero-order chi connectivity index (χ0) is 11.6. The Kier molecular flexibility index (Phi) is 7.15. The molecule has 1 aromatic carbocycles. The fourth-order valence-electron chi connectivity index (χ4n) is 1.72. The molecule has 88 valence electrons. The first-order valence-electron chi connectivity index (χ1n) is 5.94. The lowest BCUT2D eigenvalue weighted by atomic mass is 10.1. The predicted molar refractivity (Wildman–Crippen MR) is 72.0 cm³/mol. The van der Waals surface area contributed by atoms with Crippen molar-refractivity contribution in [3.05, 3.63) is 35.9 Å². The van der Waals surface area contributed by atoms with Crippen LogP contribution in [0.5, 0.6) is 0 Å². The lowest BCUT2D eigenvalue weighted by molar-refractivity contribution is -0.116. The fraction of sp³-hybridized carbons (Fsp3) is 0.500. The zero-order valence-corrected chi connectivity index (χ0v) is 11.2. The van der Waals surface area contributed by atoms with E-state index in [9.17, 15) is 4.79 Å². The molecule has 1 nitrogen and oxygen atoms in total. The van der Waals surface area contributed by atoms with Gasteiger partial charge in [-0.15, -0.1) is 0 Å². The van der Waals surface area contributed by atoms with Crippen LogP contribution in [0.4, 0.5) is 0 Å². The minimum atomic E-state index is 0.322. The number of benzene rings is 1. The molecule has 0 unspecified atom stereocenters. The molecule has 0 aliphatic carbocycles. The minimum absolute atomic E-state index is 0.322. The number of alkyl halides is 1. The van der Waals surface area contributed by atoms with E-state index in [1.807, 2.05) is 0 Å². The normalized spacial score (nSPS) is 10.3. The molecule has 0 radical (unpaired) electrons. The van der Waals surface area contributed by atoms with Gasteiger partial charge in [-0.25, -0.2) is 0 Å². The van der Waals surface area contributed by atoms with Gasteiger partial charge in [-0.2, -0.15) is 0 Å². The molecule has 0 aliphatic rings. The van der Waals surface area contributed by atoms with Crippen LogP contribution in [-0.4, -0.2) is 11.1 Å². The summed E-state index contributed by atoms with van der Waals surface area (Å²) in [5.74, 6) is 0.322. The average Bonchev–Trinajstić information content (AvgIpc) is 2.34. The van der Waals surface area contributed by atoms with E-state index in [2.05, 4.69) is 46.3 Å². The van der Waals surface area contributed by atoms with Crippen molar-refractivity contribution in [2.75, 3.05) is 5.33 Å². The van der Waals surface area contributed by atoms with Crippen LogP contribution >= 0.6 is 15.9 Å². The van der Waals surface area contributed by atoms with E-state index < -0.39 is 0 Å². The first kappa shape index (κ1) is 13.4. The van der Waals surface area contributed by atoms with Gasteiger partial charge >= 0.3 is 0 Å². The zero-order valence-electron chi connectivity index (χ0n) is 9.62. The van der Waals surface area contributed by atoms with Crippen molar-refractivity contribution in [2.24, 2.45) is 0 Å². The topological polar surface area (TPSA) is 17.1 Å². The van der Waals surface area contributed by atoms with Gasteiger partial charge in [0.25, 0.3) is 0 Å². The number of rotatable bonds is 8. The maximum Gasteiger partial charge on any atom is 0.143 e. The summed E-state index contributed by atoms with van der Waals surface area (Å²) in [7, 11) is 0. The summed E-state index contributed by atoms with van der Waals surface area (Å²) < 4.78 is 0. The van der Waals surface area contributed by atoms with Crippen LogP contribution in [0.25, 0.3) is 0 Å². The van der Waals surface area contributed by atoms with E-state index in [0.29, 0.717) is 11.1 Å². The standard InChI is InChI=1S/C14H19BrO/c15-12-14(16)11-7-2-1-4-8-13-9-5-3-6-10-13/h3,5-6,9-10H,1-2,4,7-8,11-12H2. The van der Waals surface area contributed by atoms with Crippen molar-refractivity contribution in [1.29, 1.82) is 0 Å². The lowest BCUT2D eigenvalue weighted by Crippen LogP contribution is -1.97. The van der Waals surface area contributed by atoms with Gasteiger partial charge in [-0.3, -0.25) is 4.79 Å². The van der Waals surface area contributed by atoms with Gasteiger partial charge in [0.15, 0.2) is 0 Å². The molecule has 0 aliphatic heterocycles. The number of hydrogen-bond acceptors (Lipinski definition) is 1. The largest absolute Gasteiger partial charge is 0.299 e. The van der Waals surface area contributed by atoms with Gasteiger partial charge in [0.1, 0.15) is 5.78 Å². The number of carbonyl (C=O) groups is 1. The van der Waals surface area contributed by atoms with Crippen LogP contribution in [0.15, 0.2) is 30.3 Å². The van der Waals surface area contributed by atoms with Gasteiger partial charge in [-0.1, -0.05) is 59.1 Å². The molecule has 0 saturated heterocycles. The summed E-state index contributed by atoms with van der Waals surface area (Å²) in [5, 5.41) is 0.511. The Bertz CT molecular complexity index is 295. The third-order valence-electron chi connectivity index (χ3n) is 2.66. The molecule has 0 bridgehead atoms. The monoisotopic (exact) mass is 282 g/mol. The van der Waals surface area contributed by atoms with E-state index in [4.69, 9.17) is 0 Å². The molecular formula is C14H19BrO. The van der Waals surface area contributed by atoms with Gasteiger partial charge < -0.3 is 0 Å². The second-order valence-electron chi connectivity index (χ2n) is 4.07. The maximum atomic E-state index is 11.0. The van der Waals surface area contributed by atoms with Crippen LogP contribution in [0.2, 0.25) is 0 Å². The lowest BCUT2D eigenvalue weighted by Gasteiger charge is -2.01. The Balaban J connectivity index is 1.98. The average molecular weight is 283 g/mol. The highest BCUT2D eigenvalue weighted by atomic mass is 79.9. The van der Waals surface area contributed by atoms with Crippen LogP contribution in [-0.2, 0) is 11.2 Å². The Morgan fingerprint density at radius 1 is 1.00 bits per heavy atom. The van der Waals surface area contributed by atoms with E-state index >= 15 is 0 Å². The first-order chi connectivity index (χ1) is 7.83. The number of aryl methyl sites for hydroxylation is 1. The quantitative estimate of drug-likeness (QED) is 0.517. The molecule has 0 N–H and O–H groups in total. The van der Waals surface area contributed by atoms with Gasteiger partial charge in [0.2, 0.25) is 0 Å². The summed E-state index contributed by atoms with van der Waals surface area (Å²) in [4.78, 5) is 11.0. The van der Waals surface area contributed by atoms with Crippen molar-refractivity contribution in [3.8, 4) is 0 Å². The first-order valence-corrected chi connectivity index (χ1v) is 7.06. The molecule has 0 spiro atoms. The molecule has 0 aromatic heterocycles. The second-order valence-corrected chi connectivity index (χ2v) is 4.63. The molecule has 16 heavy (non-hydrogen) atoms. The summed E-state index contributed by atoms with van der Waals surface area (Å²) in [6.45, 7) is 0. The molecule has 0 fully saturated rings. The van der Waals surface area contributed by atoms with Gasteiger partial charge in [-0.05, 0) is 24.8 Å². The number of carbonyl (C=O) groups excluding carboxylic acids is 1. The Labute approximate surface area is 106 Å². The maximum absolute atomic E-state index is 11.0. The summed E-state index contributed by atoms with van der Waals surface area (Å²) in [6, 6.07) is 10.6. The van der Waals surface area contributed by atoms with Crippen molar-refractivity contribution in [1.82, 2.24) is 0 Å². The van der Waals surface area contributed by atoms with E-state index in [1.165, 1.54) is 24.8 Å². The summed E-state index contributed by atoms with van der Waals surface area (Å²) in [5.41, 5.74) is 1.42. The van der Waals surface area contributed by atoms with Crippen LogP contribution in [0, 0.1) is 0 Å². The van der Waals surface area contributed by atoms with Crippen LogP contribution < -0.4 is 0 Å². The van der Waals surface area contributed by atoms with E-state index in [0.717, 1.165) is 19.3 Å². The highest BCUT2D eigenvalue weighted by Crippen LogP contribution is 2.09. The number of ketones is 1. The summed E-state index contributed by atoms with van der Waals surface area (Å²) >= 11 is 3.18. The van der Waals surface area contributed by atoms with E-state index in [-0.39, 0.29) is 0 Å². The van der Waals surface area contributed by atoms with Crippen LogP contribution in [0.1, 0.15) is 37.7 Å². The number of Topliss-reactive ketones (excluding diaryl/α,β-unsaturated/α-hetero) is 1. The molecule has 0 atom stereocenters. The number of unbranched alkanes of at least 4 members (excludes halogenated alkanes) is 3. The molecule has 1 rings (SSSR count).